The fourth-order valence-corrected chi connectivity index (χ4v) is 1.99. The van der Waals surface area contributed by atoms with Gasteiger partial charge in [0, 0.05) is 6.20 Å². The molecule has 1 aromatic heterocycles. The molecule has 16 heavy (non-hydrogen) atoms. The van der Waals surface area contributed by atoms with Crippen LogP contribution in [0.3, 0.4) is 0 Å². The number of rotatable bonds is 2. The second-order valence-electron chi connectivity index (χ2n) is 3.18. The van der Waals surface area contributed by atoms with Crippen LogP contribution in [0.25, 0.3) is 0 Å². The van der Waals surface area contributed by atoms with Crippen molar-refractivity contribution in [3.63, 3.8) is 0 Å². The fourth-order valence-electron chi connectivity index (χ4n) is 1.26. The molecule has 4 nitrogen and oxygen atoms in total. The zero-order valence-corrected chi connectivity index (χ0v) is 9.66. The summed E-state index contributed by atoms with van der Waals surface area (Å²) in [6, 6.07) is 9.66. The number of aromatic nitrogens is 1. The molecule has 0 fully saturated rings. The molecule has 0 aliphatic carbocycles. The summed E-state index contributed by atoms with van der Waals surface area (Å²) in [5.74, 6) is 6.10. The average Bonchev–Trinajstić information content (AvgIpc) is 2.74. The van der Waals surface area contributed by atoms with Crippen molar-refractivity contribution in [2.24, 2.45) is 10.8 Å². The van der Waals surface area contributed by atoms with Gasteiger partial charge in [0.1, 0.15) is 0 Å². The van der Waals surface area contributed by atoms with Crippen LogP contribution in [0.4, 0.5) is 5.69 Å². The van der Waals surface area contributed by atoms with E-state index in [0.717, 1.165) is 15.6 Å². The molecule has 0 aliphatic rings. The lowest BCUT2D eigenvalue weighted by Crippen LogP contribution is -2.30. The predicted octanol–water partition coefficient (Wildman–Crippen LogP) is 1.99. The van der Waals surface area contributed by atoms with Crippen LogP contribution >= 0.6 is 11.3 Å². The molecular weight excluding hydrogens is 220 g/mol. The maximum Gasteiger partial charge on any atom is 0.159 e. The molecule has 0 radical (unpaired) electrons. The van der Waals surface area contributed by atoms with Crippen molar-refractivity contribution in [2.75, 3.05) is 0 Å². The van der Waals surface area contributed by atoms with Gasteiger partial charge in [-0.3, -0.25) is 0 Å². The standard InChI is InChI=1S/C11H12N4S/c1-8-13-7-10(16-8)11(15-12)14-9-5-3-2-4-6-9/h2-7H,12H2,1H3,(H,14,15). The van der Waals surface area contributed by atoms with Crippen LogP contribution in [-0.2, 0) is 0 Å². The number of hydrogen-bond acceptors (Lipinski definition) is 4. The van der Waals surface area contributed by atoms with E-state index in [1.807, 2.05) is 37.3 Å². The van der Waals surface area contributed by atoms with E-state index in [1.54, 1.807) is 17.5 Å². The molecule has 0 spiro atoms. The summed E-state index contributed by atoms with van der Waals surface area (Å²) in [5, 5.41) is 0.992. The Morgan fingerprint density at radius 2 is 2.12 bits per heavy atom. The number of benzene rings is 1. The summed E-state index contributed by atoms with van der Waals surface area (Å²) >= 11 is 1.56. The van der Waals surface area contributed by atoms with E-state index in [-0.39, 0.29) is 0 Å². The van der Waals surface area contributed by atoms with Gasteiger partial charge in [-0.1, -0.05) is 18.2 Å². The van der Waals surface area contributed by atoms with Gasteiger partial charge in [0.05, 0.1) is 15.6 Å². The van der Waals surface area contributed by atoms with Gasteiger partial charge in [0.2, 0.25) is 0 Å². The average molecular weight is 232 g/mol. The summed E-state index contributed by atoms with van der Waals surface area (Å²) in [6.45, 7) is 1.95. The van der Waals surface area contributed by atoms with Gasteiger partial charge in [0.25, 0.3) is 0 Å². The van der Waals surface area contributed by atoms with Gasteiger partial charge >= 0.3 is 0 Å². The number of aryl methyl sites for hydroxylation is 1. The van der Waals surface area contributed by atoms with Crippen LogP contribution in [0.5, 0.6) is 0 Å². The van der Waals surface area contributed by atoms with Crippen LogP contribution in [0, 0.1) is 6.92 Å². The number of amidine groups is 1. The third kappa shape index (κ3) is 2.44. The summed E-state index contributed by atoms with van der Waals surface area (Å²) in [5.41, 5.74) is 3.46. The van der Waals surface area contributed by atoms with Gasteiger partial charge in [0.15, 0.2) is 5.84 Å². The highest BCUT2D eigenvalue weighted by Crippen LogP contribution is 2.16. The Labute approximate surface area is 97.8 Å². The zero-order valence-electron chi connectivity index (χ0n) is 8.84. The third-order valence-electron chi connectivity index (χ3n) is 1.99. The molecule has 0 saturated carbocycles. The number of nitrogens with zero attached hydrogens (tertiary/aromatic N) is 2. The van der Waals surface area contributed by atoms with Crippen LogP contribution in [-0.4, -0.2) is 10.8 Å². The smallest absolute Gasteiger partial charge is 0.159 e. The molecule has 2 rings (SSSR count). The number of nitrogens with one attached hydrogen (secondary N) is 1. The first kappa shape index (κ1) is 10.8. The van der Waals surface area contributed by atoms with E-state index in [2.05, 4.69) is 15.4 Å². The van der Waals surface area contributed by atoms with Crippen molar-refractivity contribution in [3.05, 3.63) is 46.4 Å². The maximum absolute atomic E-state index is 5.46. The molecule has 3 N–H and O–H groups in total. The van der Waals surface area contributed by atoms with E-state index in [1.165, 1.54) is 0 Å². The summed E-state index contributed by atoms with van der Waals surface area (Å²) in [6.07, 6.45) is 1.77. The lowest BCUT2D eigenvalue weighted by atomic mass is 10.3. The zero-order chi connectivity index (χ0) is 11.4. The molecule has 2 aromatic rings. The van der Waals surface area contributed by atoms with Crippen molar-refractivity contribution in [2.45, 2.75) is 6.92 Å². The van der Waals surface area contributed by atoms with Crippen molar-refractivity contribution in [1.29, 1.82) is 0 Å². The highest BCUT2D eigenvalue weighted by atomic mass is 32.1. The van der Waals surface area contributed by atoms with Gasteiger partial charge in [-0.25, -0.2) is 15.8 Å². The molecule has 0 amide bonds. The number of hydrogen-bond donors (Lipinski definition) is 2. The monoisotopic (exact) mass is 232 g/mol. The Kier molecular flexibility index (Phi) is 3.28. The molecule has 0 bridgehead atoms. The van der Waals surface area contributed by atoms with Crippen LogP contribution in [0.2, 0.25) is 0 Å². The minimum atomic E-state index is 0.636. The van der Waals surface area contributed by atoms with Crippen LogP contribution in [0.15, 0.2) is 41.5 Å². The quantitative estimate of drug-likeness (QED) is 0.360. The molecule has 1 heterocycles. The number of para-hydroxylation sites is 1. The third-order valence-corrected chi connectivity index (χ3v) is 2.91. The van der Waals surface area contributed by atoms with Crippen molar-refractivity contribution < 1.29 is 0 Å². The highest BCUT2D eigenvalue weighted by molar-refractivity contribution is 7.13. The van der Waals surface area contributed by atoms with Crippen molar-refractivity contribution >= 4 is 22.9 Å². The number of hydrazine groups is 1. The van der Waals surface area contributed by atoms with Crippen LogP contribution < -0.4 is 11.3 Å². The van der Waals surface area contributed by atoms with Gasteiger partial charge in [-0.05, 0) is 19.1 Å². The SMILES string of the molecule is Cc1ncc(C(=Nc2ccccc2)NN)s1. The lowest BCUT2D eigenvalue weighted by molar-refractivity contribution is 1.03. The summed E-state index contributed by atoms with van der Waals surface area (Å²) < 4.78 is 0. The second-order valence-corrected chi connectivity index (χ2v) is 4.42. The van der Waals surface area contributed by atoms with E-state index < -0.39 is 0 Å². The first-order valence-electron chi connectivity index (χ1n) is 4.83. The molecular formula is C11H12N4S. The van der Waals surface area contributed by atoms with Crippen molar-refractivity contribution in [3.8, 4) is 0 Å². The Balaban J connectivity index is 2.33. The molecule has 1 aromatic carbocycles. The minimum Gasteiger partial charge on any atom is -0.307 e. The number of nitrogens with two attached hydrogens (primary N) is 1. The van der Waals surface area contributed by atoms with E-state index >= 15 is 0 Å². The Morgan fingerprint density at radius 1 is 1.38 bits per heavy atom. The first-order chi connectivity index (χ1) is 7.79. The predicted molar refractivity (Wildman–Crippen MR) is 66.8 cm³/mol. The molecule has 0 atom stereocenters. The summed E-state index contributed by atoms with van der Waals surface area (Å²) in [4.78, 5) is 9.51. The molecule has 0 unspecified atom stereocenters. The first-order valence-corrected chi connectivity index (χ1v) is 5.64. The van der Waals surface area contributed by atoms with E-state index in [9.17, 15) is 0 Å². The van der Waals surface area contributed by atoms with Gasteiger partial charge in [-0.15, -0.1) is 11.3 Å². The Hall–Kier alpha value is -1.72. The molecule has 0 saturated heterocycles. The highest BCUT2D eigenvalue weighted by Gasteiger charge is 2.05. The van der Waals surface area contributed by atoms with E-state index in [4.69, 9.17) is 5.84 Å². The van der Waals surface area contributed by atoms with Crippen LogP contribution in [0.1, 0.15) is 9.88 Å². The molecule has 5 heteroatoms. The topological polar surface area (TPSA) is 63.3 Å². The minimum absolute atomic E-state index is 0.636. The normalized spacial score (nSPS) is 11.5. The number of aliphatic imine (C=N–C) groups is 1. The second kappa shape index (κ2) is 4.87. The number of thiazole rings is 1. The summed E-state index contributed by atoms with van der Waals surface area (Å²) in [7, 11) is 0. The molecule has 82 valence electrons. The lowest BCUT2D eigenvalue weighted by Gasteiger charge is -2.01. The Bertz CT molecular complexity index is 490. The molecule has 0 aliphatic heterocycles. The largest absolute Gasteiger partial charge is 0.307 e. The van der Waals surface area contributed by atoms with Gasteiger partial charge in [-0.2, -0.15) is 0 Å². The van der Waals surface area contributed by atoms with Gasteiger partial charge < -0.3 is 5.43 Å². The Morgan fingerprint density at radius 3 is 2.69 bits per heavy atom. The van der Waals surface area contributed by atoms with E-state index in [0.29, 0.717) is 5.84 Å². The van der Waals surface area contributed by atoms with Crippen molar-refractivity contribution in [1.82, 2.24) is 10.4 Å². The maximum atomic E-state index is 5.46. The fraction of sp³-hybridized carbons (Fsp3) is 0.0909.